The zero-order chi connectivity index (χ0) is 15.3. The summed E-state index contributed by atoms with van der Waals surface area (Å²) in [6.45, 7) is 1.57. The van der Waals surface area contributed by atoms with Gasteiger partial charge in [0.25, 0.3) is 0 Å². The maximum atomic E-state index is 12.6. The smallest absolute Gasteiger partial charge is 0.402 e. The van der Waals surface area contributed by atoms with Gasteiger partial charge in [0.2, 0.25) is 0 Å². The molecule has 0 saturated heterocycles. The van der Waals surface area contributed by atoms with E-state index in [0.717, 1.165) is 0 Å². The van der Waals surface area contributed by atoms with Crippen LogP contribution in [0.25, 0.3) is 0 Å². The third kappa shape index (κ3) is 6.36. The molecule has 0 aliphatic rings. The molecule has 0 spiro atoms. The quantitative estimate of drug-likeness (QED) is 0.387. The van der Waals surface area contributed by atoms with Crippen molar-refractivity contribution < 1.29 is 40.8 Å². The van der Waals surface area contributed by atoms with Gasteiger partial charge in [0, 0.05) is 0 Å². The highest BCUT2D eigenvalue weighted by molar-refractivity contribution is 7.86. The molecular formula is C9H12F2O7S. The van der Waals surface area contributed by atoms with Gasteiger partial charge in [-0.2, -0.15) is 17.2 Å². The number of alkyl halides is 2. The van der Waals surface area contributed by atoms with E-state index in [1.165, 1.54) is 6.92 Å². The summed E-state index contributed by atoms with van der Waals surface area (Å²) >= 11 is 0. The van der Waals surface area contributed by atoms with Crippen LogP contribution in [0.1, 0.15) is 6.92 Å². The van der Waals surface area contributed by atoms with Gasteiger partial charge in [0.1, 0.15) is 13.2 Å². The first-order valence-corrected chi connectivity index (χ1v) is 6.18. The number of esters is 1. The first-order chi connectivity index (χ1) is 8.47. The van der Waals surface area contributed by atoms with Crippen molar-refractivity contribution in [3.05, 3.63) is 12.2 Å². The number of Topliss-reactive ketones (excluding diaryl/α,β-unsaturated/α-hetero) is 1. The topological polar surface area (TPSA) is 107 Å². The van der Waals surface area contributed by atoms with Crippen LogP contribution < -0.4 is 0 Å². The van der Waals surface area contributed by atoms with E-state index in [-0.39, 0.29) is 5.57 Å². The van der Waals surface area contributed by atoms with Gasteiger partial charge in [0.05, 0.1) is 0 Å². The number of ketones is 1. The van der Waals surface area contributed by atoms with E-state index in [9.17, 15) is 26.8 Å². The van der Waals surface area contributed by atoms with Crippen molar-refractivity contribution in [2.75, 3.05) is 19.8 Å². The number of halogens is 2. The Balaban J connectivity index is 4.08. The van der Waals surface area contributed by atoms with Crippen LogP contribution in [0.4, 0.5) is 8.78 Å². The molecule has 0 atom stereocenters. The van der Waals surface area contributed by atoms with E-state index < -0.39 is 46.9 Å². The Hall–Kier alpha value is -1.39. The minimum absolute atomic E-state index is 0.186. The third-order valence-electron chi connectivity index (χ3n) is 1.71. The first-order valence-electron chi connectivity index (χ1n) is 4.74. The fourth-order valence-electron chi connectivity index (χ4n) is 0.631. The van der Waals surface area contributed by atoms with Crippen LogP contribution in [0, 0.1) is 0 Å². The van der Waals surface area contributed by atoms with Gasteiger partial charge in [-0.05, 0) is 12.5 Å². The van der Waals surface area contributed by atoms with Crippen molar-refractivity contribution in [3.8, 4) is 0 Å². The molecule has 1 N–H and O–H groups in total. The average Bonchev–Trinajstić information content (AvgIpc) is 2.24. The van der Waals surface area contributed by atoms with Crippen LogP contribution in [-0.4, -0.2) is 49.8 Å². The molecule has 0 aromatic rings. The van der Waals surface area contributed by atoms with Crippen molar-refractivity contribution in [1.82, 2.24) is 0 Å². The second kappa shape index (κ2) is 6.68. The molecule has 0 fully saturated rings. The Bertz CT molecular complexity index is 469. The van der Waals surface area contributed by atoms with E-state index in [1.54, 1.807) is 0 Å². The summed E-state index contributed by atoms with van der Waals surface area (Å²) in [5, 5.41) is -4.60. The molecule has 110 valence electrons. The standard InChI is InChI=1S/C9H12F2O7S/c1-6(2)7(12)3-17-4-8(13)18-5-9(10,11)19(14,15)16/h1,3-5H2,2H3,(H,14,15,16). The predicted molar refractivity (Wildman–Crippen MR) is 58.1 cm³/mol. The largest absolute Gasteiger partial charge is 0.456 e. The second-order valence-corrected chi connectivity index (χ2v) is 5.02. The molecule has 7 nitrogen and oxygen atoms in total. The van der Waals surface area contributed by atoms with Gasteiger partial charge in [-0.25, -0.2) is 4.79 Å². The summed E-state index contributed by atoms with van der Waals surface area (Å²) in [6, 6.07) is 0. The highest BCUT2D eigenvalue weighted by Crippen LogP contribution is 2.20. The fourth-order valence-corrected chi connectivity index (χ4v) is 0.839. The zero-order valence-electron chi connectivity index (χ0n) is 9.89. The molecule has 0 aliphatic carbocycles. The normalized spacial score (nSPS) is 12.0. The van der Waals surface area contributed by atoms with Crippen LogP contribution in [0.15, 0.2) is 12.2 Å². The molecule has 10 heteroatoms. The lowest BCUT2D eigenvalue weighted by molar-refractivity contribution is -0.155. The SMILES string of the molecule is C=C(C)C(=O)COCC(=O)OCC(F)(F)S(=O)(=O)O. The van der Waals surface area contributed by atoms with Crippen LogP contribution in [0.5, 0.6) is 0 Å². The van der Waals surface area contributed by atoms with E-state index in [0.29, 0.717) is 0 Å². The molecule has 0 amide bonds. The molecule has 0 rings (SSSR count). The lowest BCUT2D eigenvalue weighted by atomic mass is 10.2. The van der Waals surface area contributed by atoms with Gasteiger partial charge in [-0.3, -0.25) is 9.35 Å². The van der Waals surface area contributed by atoms with Crippen LogP contribution >= 0.6 is 0 Å². The van der Waals surface area contributed by atoms with Gasteiger partial charge >= 0.3 is 21.3 Å². The highest BCUT2D eigenvalue weighted by Gasteiger charge is 2.45. The van der Waals surface area contributed by atoms with Crippen molar-refractivity contribution in [3.63, 3.8) is 0 Å². The Morgan fingerprint density at radius 2 is 1.84 bits per heavy atom. The maximum absolute atomic E-state index is 12.6. The predicted octanol–water partition coefficient (Wildman–Crippen LogP) is 0.172. The molecule has 0 unspecified atom stereocenters. The molecule has 0 aromatic carbocycles. The van der Waals surface area contributed by atoms with Crippen LogP contribution in [0.2, 0.25) is 0 Å². The second-order valence-electron chi connectivity index (χ2n) is 3.47. The Morgan fingerprint density at radius 1 is 1.32 bits per heavy atom. The van der Waals surface area contributed by atoms with E-state index in [1.807, 2.05) is 0 Å². The van der Waals surface area contributed by atoms with Crippen molar-refractivity contribution in [2.45, 2.75) is 12.2 Å². The molecule has 0 aliphatic heterocycles. The third-order valence-corrected chi connectivity index (χ3v) is 2.58. The van der Waals surface area contributed by atoms with E-state index in [2.05, 4.69) is 16.1 Å². The van der Waals surface area contributed by atoms with Gasteiger partial charge in [-0.1, -0.05) is 6.58 Å². The number of ether oxygens (including phenoxy) is 2. The monoisotopic (exact) mass is 302 g/mol. The van der Waals surface area contributed by atoms with Crippen molar-refractivity contribution >= 4 is 21.9 Å². The molecule has 0 aromatic heterocycles. The number of hydrogen-bond donors (Lipinski definition) is 1. The molecule has 0 bridgehead atoms. The lowest BCUT2D eigenvalue weighted by Gasteiger charge is -2.12. The molecule has 0 radical (unpaired) electrons. The molecular weight excluding hydrogens is 290 g/mol. The maximum Gasteiger partial charge on any atom is 0.402 e. The zero-order valence-corrected chi connectivity index (χ0v) is 10.7. The van der Waals surface area contributed by atoms with Crippen LogP contribution in [0.3, 0.4) is 0 Å². The highest BCUT2D eigenvalue weighted by atomic mass is 32.2. The van der Waals surface area contributed by atoms with Crippen LogP contribution in [-0.2, 0) is 29.2 Å². The summed E-state index contributed by atoms with van der Waals surface area (Å²) in [7, 11) is -5.66. The average molecular weight is 302 g/mol. The number of hydrogen-bond acceptors (Lipinski definition) is 6. The lowest BCUT2D eigenvalue weighted by Crippen LogP contribution is -2.35. The minimum Gasteiger partial charge on any atom is -0.456 e. The van der Waals surface area contributed by atoms with E-state index in [4.69, 9.17) is 4.55 Å². The summed E-state index contributed by atoms with van der Waals surface area (Å²) in [6.07, 6.45) is 0. The Morgan fingerprint density at radius 3 is 2.26 bits per heavy atom. The molecule has 19 heavy (non-hydrogen) atoms. The Labute approximate surface area is 107 Å². The van der Waals surface area contributed by atoms with Gasteiger partial charge < -0.3 is 9.47 Å². The summed E-state index contributed by atoms with van der Waals surface area (Å²) in [4.78, 5) is 21.8. The first kappa shape index (κ1) is 17.6. The number of carbonyl (C=O) groups excluding carboxylic acids is 2. The van der Waals surface area contributed by atoms with Crippen molar-refractivity contribution in [2.24, 2.45) is 0 Å². The van der Waals surface area contributed by atoms with Gasteiger partial charge in [0.15, 0.2) is 12.4 Å². The fraction of sp³-hybridized carbons (Fsp3) is 0.556. The Kier molecular flexibility index (Phi) is 6.19. The molecule has 0 heterocycles. The number of carbonyl (C=O) groups is 2. The minimum atomic E-state index is -5.66. The van der Waals surface area contributed by atoms with Crippen molar-refractivity contribution in [1.29, 1.82) is 0 Å². The van der Waals surface area contributed by atoms with Gasteiger partial charge in [-0.15, -0.1) is 0 Å². The summed E-state index contributed by atoms with van der Waals surface area (Å²) < 4.78 is 62.1. The molecule has 0 saturated carbocycles. The van der Waals surface area contributed by atoms with E-state index >= 15 is 0 Å². The summed E-state index contributed by atoms with van der Waals surface area (Å²) in [5.41, 5.74) is 0.186. The number of rotatable bonds is 8. The summed E-state index contributed by atoms with van der Waals surface area (Å²) in [5.74, 6) is -1.80.